The van der Waals surface area contributed by atoms with Gasteiger partial charge in [0.1, 0.15) is 8.07 Å². The molecule has 0 aromatic heterocycles. The average molecular weight is 128 g/mol. The van der Waals surface area contributed by atoms with Crippen LogP contribution in [0.5, 0.6) is 0 Å². The summed E-state index contributed by atoms with van der Waals surface area (Å²) in [6.07, 6.45) is 0.222. The normalized spacial score (nSPS) is 10.8. The molecule has 0 aliphatic carbocycles. The van der Waals surface area contributed by atoms with Crippen LogP contribution in [0.3, 0.4) is 0 Å². The van der Waals surface area contributed by atoms with Crippen molar-refractivity contribution < 1.29 is 5.11 Å². The van der Waals surface area contributed by atoms with Crippen molar-refractivity contribution in [2.24, 2.45) is 0 Å². The molecule has 1 nitrogen and oxygen atoms in total. The molecule has 0 aliphatic heterocycles. The van der Waals surface area contributed by atoms with Crippen LogP contribution in [0, 0.1) is 0 Å². The largest absolute Gasteiger partial charge is 0.399 e. The van der Waals surface area contributed by atoms with Crippen LogP contribution < -0.4 is 0 Å². The maximum Gasteiger partial charge on any atom is 0.125 e. The average Bonchev–Trinajstić information content (AvgIpc) is 1.87. The number of hydrogen-bond donors (Lipinski definition) is 1. The fraction of sp³-hybridized carbons (Fsp3) is 0.333. The molecule has 0 rings (SSSR count). The van der Waals surface area contributed by atoms with E-state index < -0.39 is 8.07 Å². The zero-order chi connectivity index (χ0) is 6.62. The Morgan fingerprint density at radius 1 is 1.50 bits per heavy atom. The molecule has 1 N–H and O–H groups in total. The van der Waals surface area contributed by atoms with Gasteiger partial charge in [-0.05, 0) is 0 Å². The van der Waals surface area contributed by atoms with Crippen LogP contribution in [-0.4, -0.2) is 19.4 Å². The first-order valence-corrected chi connectivity index (χ1v) is 5.43. The second-order valence-electron chi connectivity index (χ2n) is 2.07. The van der Waals surface area contributed by atoms with E-state index in [0.29, 0.717) is 0 Å². The highest BCUT2D eigenvalue weighted by atomic mass is 28.3. The van der Waals surface area contributed by atoms with Crippen LogP contribution in [0.25, 0.3) is 0 Å². The molecule has 2 heteroatoms. The van der Waals surface area contributed by atoms with Crippen LogP contribution in [0.4, 0.5) is 0 Å². The van der Waals surface area contributed by atoms with Gasteiger partial charge in [0, 0.05) is 6.23 Å². The lowest BCUT2D eigenvalue weighted by Gasteiger charge is -2.12. The van der Waals surface area contributed by atoms with Gasteiger partial charge in [-0.3, -0.25) is 0 Å². The van der Waals surface area contributed by atoms with E-state index in [-0.39, 0.29) is 6.23 Å². The van der Waals surface area contributed by atoms with Gasteiger partial charge in [0.05, 0.1) is 0 Å². The summed E-state index contributed by atoms with van der Waals surface area (Å²) in [7, 11) is -1.59. The van der Waals surface area contributed by atoms with Crippen LogP contribution in [0.1, 0.15) is 0 Å². The van der Waals surface area contributed by atoms with Crippen molar-refractivity contribution in [2.75, 3.05) is 6.23 Å². The SMILES string of the molecule is C=C[Si](C)(C=C)CO. The van der Waals surface area contributed by atoms with Gasteiger partial charge < -0.3 is 5.11 Å². The Labute approximate surface area is 51.4 Å². The van der Waals surface area contributed by atoms with Gasteiger partial charge in [-0.15, -0.1) is 13.2 Å². The molecular formula is C6H12OSi. The summed E-state index contributed by atoms with van der Waals surface area (Å²) >= 11 is 0. The molecule has 0 amide bonds. The molecule has 0 aromatic carbocycles. The molecule has 0 aromatic rings. The highest BCUT2D eigenvalue weighted by molar-refractivity contribution is 6.87. The van der Waals surface area contributed by atoms with E-state index in [1.54, 1.807) is 0 Å². The van der Waals surface area contributed by atoms with E-state index in [1.807, 2.05) is 17.9 Å². The molecule has 0 heterocycles. The molecule has 0 saturated heterocycles. The molecule has 0 fully saturated rings. The highest BCUT2D eigenvalue weighted by Gasteiger charge is 2.15. The van der Waals surface area contributed by atoms with Gasteiger partial charge in [0.2, 0.25) is 0 Å². The first-order valence-electron chi connectivity index (χ1n) is 2.56. The molecule has 8 heavy (non-hydrogen) atoms. The maximum absolute atomic E-state index is 8.70. The van der Waals surface area contributed by atoms with Gasteiger partial charge in [0.15, 0.2) is 0 Å². The number of rotatable bonds is 3. The van der Waals surface area contributed by atoms with Gasteiger partial charge >= 0.3 is 0 Å². The number of aliphatic hydroxyl groups excluding tert-OH is 1. The topological polar surface area (TPSA) is 20.2 Å². The van der Waals surface area contributed by atoms with E-state index in [1.165, 1.54) is 0 Å². The minimum atomic E-state index is -1.59. The Morgan fingerprint density at radius 2 is 1.88 bits per heavy atom. The summed E-state index contributed by atoms with van der Waals surface area (Å²) in [5.41, 5.74) is 3.64. The third-order valence-electron chi connectivity index (χ3n) is 1.27. The van der Waals surface area contributed by atoms with Gasteiger partial charge in [-0.1, -0.05) is 17.9 Å². The van der Waals surface area contributed by atoms with Gasteiger partial charge in [-0.2, -0.15) is 0 Å². The molecule has 0 spiro atoms. The van der Waals surface area contributed by atoms with Crippen molar-refractivity contribution in [3.05, 3.63) is 24.6 Å². The molecule has 0 atom stereocenters. The summed E-state index contributed by atoms with van der Waals surface area (Å²) < 4.78 is 0. The third kappa shape index (κ3) is 1.64. The molecule has 0 saturated carbocycles. The van der Waals surface area contributed by atoms with Crippen LogP contribution >= 0.6 is 0 Å². The Bertz CT molecular complexity index is 90.7. The quantitative estimate of drug-likeness (QED) is 0.563. The zero-order valence-electron chi connectivity index (χ0n) is 5.22. The van der Waals surface area contributed by atoms with Crippen molar-refractivity contribution in [3.63, 3.8) is 0 Å². The summed E-state index contributed by atoms with van der Waals surface area (Å²) in [6.45, 7) is 9.22. The fourth-order valence-corrected chi connectivity index (χ4v) is 0.637. The van der Waals surface area contributed by atoms with E-state index in [0.717, 1.165) is 0 Å². The van der Waals surface area contributed by atoms with Crippen LogP contribution in [0.2, 0.25) is 6.55 Å². The number of hydrogen-bond acceptors (Lipinski definition) is 1. The minimum Gasteiger partial charge on any atom is -0.399 e. The highest BCUT2D eigenvalue weighted by Crippen LogP contribution is 2.01. The van der Waals surface area contributed by atoms with Gasteiger partial charge in [0.25, 0.3) is 0 Å². The van der Waals surface area contributed by atoms with Gasteiger partial charge in [-0.25, -0.2) is 0 Å². The van der Waals surface area contributed by atoms with Crippen molar-refractivity contribution >= 4 is 8.07 Å². The first kappa shape index (κ1) is 7.66. The smallest absolute Gasteiger partial charge is 0.125 e. The van der Waals surface area contributed by atoms with E-state index >= 15 is 0 Å². The molecule has 0 radical (unpaired) electrons. The first-order chi connectivity index (χ1) is 3.68. The molecule has 46 valence electrons. The standard InChI is InChI=1S/C6H12OSi/c1-4-8(3,5-2)6-7/h4-5,7H,1-2,6H2,3H3. The predicted molar refractivity (Wildman–Crippen MR) is 39.1 cm³/mol. The summed E-state index contributed by atoms with van der Waals surface area (Å²) in [5.74, 6) is 0. The Kier molecular flexibility index (Phi) is 2.72. The van der Waals surface area contributed by atoms with E-state index in [9.17, 15) is 0 Å². The van der Waals surface area contributed by atoms with E-state index in [4.69, 9.17) is 5.11 Å². The molecule has 0 bridgehead atoms. The Balaban J connectivity index is 3.96. The summed E-state index contributed by atoms with van der Waals surface area (Å²) in [4.78, 5) is 0. The minimum absolute atomic E-state index is 0.222. The fourth-order valence-electron chi connectivity index (χ4n) is 0.212. The summed E-state index contributed by atoms with van der Waals surface area (Å²) in [6, 6.07) is 0. The predicted octanol–water partition coefficient (Wildman–Crippen LogP) is 1.05. The van der Waals surface area contributed by atoms with Crippen molar-refractivity contribution in [2.45, 2.75) is 6.55 Å². The molecular weight excluding hydrogens is 116 g/mol. The summed E-state index contributed by atoms with van der Waals surface area (Å²) in [5, 5.41) is 8.70. The van der Waals surface area contributed by atoms with E-state index in [2.05, 4.69) is 13.2 Å². The Morgan fingerprint density at radius 3 is 1.88 bits per heavy atom. The van der Waals surface area contributed by atoms with Crippen molar-refractivity contribution in [1.29, 1.82) is 0 Å². The van der Waals surface area contributed by atoms with Crippen LogP contribution in [0.15, 0.2) is 24.6 Å². The lowest BCUT2D eigenvalue weighted by molar-refractivity contribution is 0.361. The lowest BCUT2D eigenvalue weighted by atomic mass is 11.2. The Hall–Kier alpha value is -0.343. The number of aliphatic hydroxyl groups is 1. The molecule has 0 unspecified atom stereocenters. The van der Waals surface area contributed by atoms with Crippen molar-refractivity contribution in [3.8, 4) is 0 Å². The molecule has 0 aliphatic rings. The second-order valence-corrected chi connectivity index (χ2v) is 6.22. The van der Waals surface area contributed by atoms with Crippen LogP contribution in [-0.2, 0) is 0 Å². The lowest BCUT2D eigenvalue weighted by Crippen LogP contribution is -2.29. The second kappa shape index (κ2) is 2.84. The third-order valence-corrected chi connectivity index (χ3v) is 3.82. The monoisotopic (exact) mass is 128 g/mol. The van der Waals surface area contributed by atoms with Crippen molar-refractivity contribution in [1.82, 2.24) is 0 Å². The zero-order valence-corrected chi connectivity index (χ0v) is 6.22. The maximum atomic E-state index is 8.70.